The highest BCUT2D eigenvalue weighted by Crippen LogP contribution is 2.10. The van der Waals surface area contributed by atoms with Crippen LogP contribution in [-0.4, -0.2) is 111 Å². The third-order valence-corrected chi connectivity index (χ3v) is 6.33. The lowest BCUT2D eigenvalue weighted by molar-refractivity contribution is -0.144. The standard InChI is InChI=1S/C25H42N6O12/c1-6-11(4)19(31-20(37)12(5)27-21(38)13(26)7-16(33)34)24(41)28-14(8-17(35)36)22(39)29-15(9-32)23(40)30-18(10(2)3)25(42)43/h10-15,18-19,32H,6-9,26H2,1-5H3,(H,27,38)(H,28,41)(H,29,39)(H,30,40)(H,31,37)(H,33,34)(H,35,36)(H,42,43)/t11-,12-,13-,14-,15-,18-,19-/m0/s1. The second-order valence-corrected chi connectivity index (χ2v) is 10.3. The highest BCUT2D eigenvalue weighted by Gasteiger charge is 2.34. The van der Waals surface area contributed by atoms with Gasteiger partial charge in [0, 0.05) is 0 Å². The van der Waals surface area contributed by atoms with Gasteiger partial charge in [-0.1, -0.05) is 34.1 Å². The molecule has 43 heavy (non-hydrogen) atoms. The third kappa shape index (κ3) is 13.5. The average molecular weight is 619 g/mol. The number of carboxylic acid groups (broad SMARTS) is 3. The Kier molecular flexibility index (Phi) is 16.4. The molecule has 18 nitrogen and oxygen atoms in total. The number of hydrogen-bond donors (Lipinski definition) is 10. The molecule has 0 heterocycles. The second kappa shape index (κ2) is 18.3. The van der Waals surface area contributed by atoms with Crippen LogP contribution in [0, 0.1) is 11.8 Å². The van der Waals surface area contributed by atoms with Gasteiger partial charge in [-0.05, 0) is 18.8 Å². The smallest absolute Gasteiger partial charge is 0.326 e. The lowest BCUT2D eigenvalue weighted by atomic mass is 9.97. The van der Waals surface area contributed by atoms with E-state index in [1.54, 1.807) is 13.8 Å². The van der Waals surface area contributed by atoms with E-state index in [-0.39, 0.29) is 0 Å². The van der Waals surface area contributed by atoms with Crippen molar-refractivity contribution >= 4 is 47.4 Å². The van der Waals surface area contributed by atoms with E-state index in [4.69, 9.17) is 10.8 Å². The predicted octanol–water partition coefficient (Wildman–Crippen LogP) is -3.51. The summed E-state index contributed by atoms with van der Waals surface area (Å²) in [6, 6.07) is -8.89. The number of hydrogen-bond acceptors (Lipinski definition) is 10. The van der Waals surface area contributed by atoms with E-state index in [1.165, 1.54) is 20.8 Å². The summed E-state index contributed by atoms with van der Waals surface area (Å²) in [5.74, 6) is -10.4. The molecule has 0 aliphatic heterocycles. The Morgan fingerprint density at radius 1 is 0.628 bits per heavy atom. The summed E-state index contributed by atoms with van der Waals surface area (Å²) >= 11 is 0. The zero-order chi connectivity index (χ0) is 33.6. The Morgan fingerprint density at radius 3 is 1.56 bits per heavy atom. The van der Waals surface area contributed by atoms with E-state index >= 15 is 0 Å². The molecule has 0 aromatic heterocycles. The van der Waals surface area contributed by atoms with Crippen molar-refractivity contribution in [3.8, 4) is 0 Å². The third-order valence-electron chi connectivity index (χ3n) is 6.33. The maximum absolute atomic E-state index is 13.2. The molecule has 0 aromatic rings. The first-order chi connectivity index (χ1) is 19.9. The first kappa shape index (κ1) is 38.7. The molecule has 0 fully saturated rings. The molecule has 18 heteroatoms. The largest absolute Gasteiger partial charge is 0.481 e. The van der Waals surface area contributed by atoms with E-state index in [1.807, 2.05) is 0 Å². The predicted molar refractivity (Wildman–Crippen MR) is 147 cm³/mol. The summed E-state index contributed by atoms with van der Waals surface area (Å²) in [5.41, 5.74) is 5.48. The molecule has 0 aliphatic rings. The van der Waals surface area contributed by atoms with Crippen molar-refractivity contribution in [2.75, 3.05) is 6.61 Å². The van der Waals surface area contributed by atoms with Gasteiger partial charge < -0.3 is 52.7 Å². The lowest BCUT2D eigenvalue weighted by Crippen LogP contribution is -2.61. The number of carbonyl (C=O) groups is 8. The summed E-state index contributed by atoms with van der Waals surface area (Å²) in [6.45, 7) is 6.55. The molecule has 0 bridgehead atoms. The van der Waals surface area contributed by atoms with E-state index < -0.39 is 115 Å². The fourth-order valence-corrected chi connectivity index (χ4v) is 3.53. The van der Waals surface area contributed by atoms with Gasteiger partial charge in [0.15, 0.2) is 0 Å². The van der Waals surface area contributed by atoms with Crippen molar-refractivity contribution in [3.63, 3.8) is 0 Å². The van der Waals surface area contributed by atoms with Crippen LogP contribution in [0.2, 0.25) is 0 Å². The van der Waals surface area contributed by atoms with Crippen LogP contribution in [0.3, 0.4) is 0 Å². The first-order valence-electron chi connectivity index (χ1n) is 13.4. The van der Waals surface area contributed by atoms with Crippen LogP contribution >= 0.6 is 0 Å². The zero-order valence-corrected chi connectivity index (χ0v) is 24.6. The van der Waals surface area contributed by atoms with Gasteiger partial charge in [-0.25, -0.2) is 4.79 Å². The summed E-state index contributed by atoms with van der Waals surface area (Å²) in [4.78, 5) is 97.0. The summed E-state index contributed by atoms with van der Waals surface area (Å²) < 4.78 is 0. The average Bonchev–Trinajstić information content (AvgIpc) is 2.90. The minimum absolute atomic E-state index is 0.325. The van der Waals surface area contributed by atoms with Gasteiger partial charge in [-0.15, -0.1) is 0 Å². The molecule has 7 atom stereocenters. The van der Waals surface area contributed by atoms with Crippen LogP contribution in [0.25, 0.3) is 0 Å². The van der Waals surface area contributed by atoms with Gasteiger partial charge in [0.2, 0.25) is 29.5 Å². The maximum Gasteiger partial charge on any atom is 0.326 e. The monoisotopic (exact) mass is 618 g/mol. The van der Waals surface area contributed by atoms with Gasteiger partial charge in [0.25, 0.3) is 0 Å². The fourth-order valence-electron chi connectivity index (χ4n) is 3.53. The van der Waals surface area contributed by atoms with E-state index in [2.05, 4.69) is 26.6 Å². The molecule has 11 N–H and O–H groups in total. The molecular weight excluding hydrogens is 576 g/mol. The molecule has 0 rings (SSSR count). The lowest BCUT2D eigenvalue weighted by Gasteiger charge is -2.28. The first-order valence-corrected chi connectivity index (χ1v) is 13.4. The summed E-state index contributed by atoms with van der Waals surface area (Å²) in [6.07, 6.45) is -1.33. The molecule has 5 amide bonds. The zero-order valence-electron chi connectivity index (χ0n) is 24.6. The highest BCUT2D eigenvalue weighted by molar-refractivity contribution is 5.97. The molecule has 0 saturated heterocycles. The SMILES string of the molecule is CC[C@H](C)[C@H](NC(=O)[C@H](C)NC(=O)[C@@H](N)CC(=O)O)C(=O)N[C@@H](CC(=O)O)C(=O)N[C@@H](CO)C(=O)N[C@H](C(=O)O)C(C)C. The van der Waals surface area contributed by atoms with Crippen LogP contribution in [0.5, 0.6) is 0 Å². The minimum Gasteiger partial charge on any atom is -0.481 e. The summed E-state index contributed by atoms with van der Waals surface area (Å²) in [7, 11) is 0. The number of carbonyl (C=O) groups excluding carboxylic acids is 5. The molecule has 0 aliphatic carbocycles. The van der Waals surface area contributed by atoms with Crippen molar-refractivity contribution < 1.29 is 58.8 Å². The number of nitrogens with one attached hydrogen (secondary N) is 5. The van der Waals surface area contributed by atoms with Gasteiger partial charge in [0.1, 0.15) is 30.2 Å². The quantitative estimate of drug-likeness (QED) is 0.0672. The Balaban J connectivity index is 5.74. The molecule has 0 spiro atoms. The highest BCUT2D eigenvalue weighted by atomic mass is 16.4. The number of rotatable bonds is 19. The number of aliphatic carboxylic acids is 3. The van der Waals surface area contributed by atoms with Gasteiger partial charge in [-0.3, -0.25) is 33.6 Å². The molecule has 0 radical (unpaired) electrons. The number of nitrogens with two attached hydrogens (primary N) is 1. The fraction of sp³-hybridized carbons (Fsp3) is 0.680. The van der Waals surface area contributed by atoms with Crippen molar-refractivity contribution in [2.24, 2.45) is 17.6 Å². The van der Waals surface area contributed by atoms with Crippen LogP contribution in [0.4, 0.5) is 0 Å². The Morgan fingerprint density at radius 2 is 1.12 bits per heavy atom. The number of carboxylic acids is 3. The van der Waals surface area contributed by atoms with E-state index in [0.717, 1.165) is 0 Å². The molecule has 0 unspecified atom stereocenters. The molecule has 244 valence electrons. The van der Waals surface area contributed by atoms with Crippen LogP contribution in [0.15, 0.2) is 0 Å². The van der Waals surface area contributed by atoms with Crippen molar-refractivity contribution in [2.45, 2.75) is 90.1 Å². The molecule has 0 saturated carbocycles. The van der Waals surface area contributed by atoms with Crippen LogP contribution in [-0.2, 0) is 38.4 Å². The Hall–Kier alpha value is -4.32. The van der Waals surface area contributed by atoms with Crippen molar-refractivity contribution in [1.29, 1.82) is 0 Å². The number of amides is 5. The van der Waals surface area contributed by atoms with Crippen molar-refractivity contribution in [3.05, 3.63) is 0 Å². The minimum atomic E-state index is -1.79. The topological polar surface area (TPSA) is 304 Å². The van der Waals surface area contributed by atoms with Gasteiger partial charge in [-0.2, -0.15) is 0 Å². The Bertz CT molecular complexity index is 1050. The van der Waals surface area contributed by atoms with E-state index in [0.29, 0.717) is 6.42 Å². The van der Waals surface area contributed by atoms with Crippen LogP contribution in [0.1, 0.15) is 53.9 Å². The number of aliphatic hydroxyl groups is 1. The second-order valence-electron chi connectivity index (χ2n) is 10.3. The van der Waals surface area contributed by atoms with Gasteiger partial charge >= 0.3 is 17.9 Å². The van der Waals surface area contributed by atoms with Crippen LogP contribution < -0.4 is 32.3 Å². The molecular formula is C25H42N6O12. The normalized spacial score (nSPS) is 15.8. The van der Waals surface area contributed by atoms with Crippen molar-refractivity contribution in [1.82, 2.24) is 26.6 Å². The number of aliphatic hydroxyl groups excluding tert-OH is 1. The van der Waals surface area contributed by atoms with Gasteiger partial charge in [0.05, 0.1) is 25.5 Å². The Labute approximate surface area is 247 Å². The summed E-state index contributed by atoms with van der Waals surface area (Å²) in [5, 5.41) is 48.1. The maximum atomic E-state index is 13.2. The molecule has 0 aromatic carbocycles. The van der Waals surface area contributed by atoms with E-state index in [9.17, 15) is 53.7 Å².